The Balaban J connectivity index is 1.63. The molecule has 186 valence electrons. The maximum absolute atomic E-state index is 6.23. The predicted molar refractivity (Wildman–Crippen MR) is 145 cm³/mol. The van der Waals surface area contributed by atoms with Gasteiger partial charge in [-0.2, -0.15) is 0 Å². The molecule has 0 saturated carbocycles. The summed E-state index contributed by atoms with van der Waals surface area (Å²) >= 11 is 5.53. The van der Waals surface area contributed by atoms with Crippen LogP contribution < -0.4 is 19.5 Å². The number of nitrogens with one attached hydrogen (secondary N) is 1. The Hall–Kier alpha value is -3.25. The molecule has 35 heavy (non-hydrogen) atoms. The Morgan fingerprint density at radius 3 is 1.91 bits per heavy atom. The van der Waals surface area contributed by atoms with Crippen molar-refractivity contribution in [3.63, 3.8) is 0 Å². The minimum atomic E-state index is -0.0373. The van der Waals surface area contributed by atoms with Gasteiger partial charge in [0.25, 0.3) is 5.17 Å². The molecule has 5 nitrogen and oxygen atoms in total. The minimum absolute atomic E-state index is 0.0373. The Bertz CT molecular complexity index is 1040. The van der Waals surface area contributed by atoms with Crippen molar-refractivity contribution in [1.29, 1.82) is 0 Å². The van der Waals surface area contributed by atoms with E-state index >= 15 is 0 Å². The highest BCUT2D eigenvalue weighted by Gasteiger charge is 2.19. The van der Waals surface area contributed by atoms with Gasteiger partial charge in [0, 0.05) is 6.54 Å². The van der Waals surface area contributed by atoms with E-state index in [2.05, 4.69) is 41.7 Å². The predicted octanol–water partition coefficient (Wildman–Crippen LogP) is 5.78. The molecule has 0 aliphatic carbocycles. The van der Waals surface area contributed by atoms with Crippen LogP contribution in [0, 0.1) is 0 Å². The molecule has 0 bridgehead atoms. The van der Waals surface area contributed by atoms with Gasteiger partial charge in [0.05, 0.1) is 21.3 Å². The fraction of sp³-hybridized carbons (Fsp3) is 0.345. The third-order valence-corrected chi connectivity index (χ3v) is 6.16. The molecular weight excluding hydrogens is 458 g/mol. The SMILES string of the molecule is COc1ccc(CCC(CCc2ccccc2)OC(=S)NCCc2ccccc2)c(OC)c1OC. The Morgan fingerprint density at radius 1 is 0.714 bits per heavy atom. The average molecular weight is 494 g/mol. The van der Waals surface area contributed by atoms with Crippen molar-refractivity contribution in [2.24, 2.45) is 0 Å². The van der Waals surface area contributed by atoms with Crippen LogP contribution in [0.25, 0.3) is 0 Å². The molecule has 0 fully saturated rings. The molecule has 3 rings (SSSR count). The molecule has 3 aromatic rings. The van der Waals surface area contributed by atoms with Gasteiger partial charge in [-0.15, -0.1) is 0 Å². The largest absolute Gasteiger partial charge is 0.493 e. The Kier molecular flexibility index (Phi) is 10.7. The van der Waals surface area contributed by atoms with Gasteiger partial charge < -0.3 is 24.3 Å². The summed E-state index contributed by atoms with van der Waals surface area (Å²) in [5.41, 5.74) is 3.60. The summed E-state index contributed by atoms with van der Waals surface area (Å²) in [6.45, 7) is 0.734. The summed E-state index contributed by atoms with van der Waals surface area (Å²) in [6.07, 6.45) is 4.18. The zero-order chi connectivity index (χ0) is 24.9. The molecule has 0 aliphatic rings. The number of rotatable bonds is 13. The first-order chi connectivity index (χ1) is 17.1. The lowest BCUT2D eigenvalue weighted by molar-refractivity contribution is 0.165. The molecule has 3 aromatic carbocycles. The van der Waals surface area contributed by atoms with Gasteiger partial charge in [0.2, 0.25) is 5.75 Å². The van der Waals surface area contributed by atoms with Gasteiger partial charge in [0.1, 0.15) is 6.10 Å². The Labute approximate surface area is 214 Å². The molecule has 0 aliphatic heterocycles. The van der Waals surface area contributed by atoms with Crippen LogP contribution >= 0.6 is 12.2 Å². The van der Waals surface area contributed by atoms with Crippen molar-refractivity contribution >= 4 is 17.4 Å². The topological polar surface area (TPSA) is 49.0 Å². The van der Waals surface area contributed by atoms with Crippen LogP contribution in [0.4, 0.5) is 0 Å². The average Bonchev–Trinajstić information content (AvgIpc) is 2.90. The maximum atomic E-state index is 6.23. The van der Waals surface area contributed by atoms with Gasteiger partial charge in [-0.1, -0.05) is 66.7 Å². The number of aryl methyl sites for hydroxylation is 2. The van der Waals surface area contributed by atoms with Gasteiger partial charge in [-0.05, 0) is 67.1 Å². The highest BCUT2D eigenvalue weighted by molar-refractivity contribution is 7.80. The number of hydrogen-bond donors (Lipinski definition) is 1. The van der Waals surface area contributed by atoms with Crippen LogP contribution in [0.1, 0.15) is 29.5 Å². The van der Waals surface area contributed by atoms with E-state index in [-0.39, 0.29) is 6.10 Å². The lowest BCUT2D eigenvalue weighted by Crippen LogP contribution is -2.31. The van der Waals surface area contributed by atoms with Crippen molar-refractivity contribution in [3.05, 3.63) is 89.5 Å². The molecule has 0 saturated heterocycles. The fourth-order valence-electron chi connectivity index (χ4n) is 4.06. The normalized spacial score (nSPS) is 11.4. The van der Waals surface area contributed by atoms with Crippen molar-refractivity contribution < 1.29 is 18.9 Å². The van der Waals surface area contributed by atoms with Crippen LogP contribution in [0.2, 0.25) is 0 Å². The van der Waals surface area contributed by atoms with E-state index in [1.165, 1.54) is 11.1 Å². The quantitative estimate of drug-likeness (QED) is 0.305. The standard InChI is InChI=1S/C29H35NO4S/c1-31-26-19-16-24(27(32-2)28(26)33-3)15-18-25(17-14-22-10-6-4-7-11-22)34-29(35)30-21-20-23-12-8-5-9-13-23/h4-13,16,19,25H,14-15,17-18,20-21H2,1-3H3,(H,30,35). The number of hydrogen-bond acceptors (Lipinski definition) is 5. The molecule has 1 N–H and O–H groups in total. The first kappa shape index (κ1) is 26.4. The second kappa shape index (κ2) is 14.2. The number of ether oxygens (including phenoxy) is 4. The Morgan fingerprint density at radius 2 is 1.31 bits per heavy atom. The molecule has 6 heteroatoms. The van der Waals surface area contributed by atoms with E-state index in [1.807, 2.05) is 36.4 Å². The van der Waals surface area contributed by atoms with Gasteiger partial charge in [-0.25, -0.2) is 0 Å². The second-order valence-electron chi connectivity index (χ2n) is 8.25. The molecule has 0 radical (unpaired) electrons. The molecule has 0 spiro atoms. The van der Waals surface area contributed by atoms with Crippen molar-refractivity contribution in [2.75, 3.05) is 27.9 Å². The zero-order valence-electron chi connectivity index (χ0n) is 20.8. The third kappa shape index (κ3) is 8.18. The summed E-state index contributed by atoms with van der Waals surface area (Å²) in [5, 5.41) is 3.70. The van der Waals surface area contributed by atoms with Crippen LogP contribution in [0.5, 0.6) is 17.2 Å². The monoisotopic (exact) mass is 493 g/mol. The lowest BCUT2D eigenvalue weighted by Gasteiger charge is -2.21. The van der Waals surface area contributed by atoms with Crippen molar-refractivity contribution in [1.82, 2.24) is 5.32 Å². The van der Waals surface area contributed by atoms with E-state index < -0.39 is 0 Å². The van der Waals surface area contributed by atoms with Crippen LogP contribution in [0.15, 0.2) is 72.8 Å². The molecule has 0 aromatic heterocycles. The fourth-order valence-corrected chi connectivity index (χ4v) is 4.30. The number of thiocarbonyl (C=S) groups is 1. The molecule has 0 amide bonds. The highest BCUT2D eigenvalue weighted by atomic mass is 32.1. The van der Waals surface area contributed by atoms with E-state index in [4.69, 9.17) is 31.2 Å². The first-order valence-corrected chi connectivity index (χ1v) is 12.4. The molecule has 1 atom stereocenters. The van der Waals surface area contributed by atoms with E-state index in [0.717, 1.165) is 44.2 Å². The molecule has 0 heterocycles. The molecular formula is C29H35NO4S. The van der Waals surface area contributed by atoms with Crippen molar-refractivity contribution in [3.8, 4) is 17.2 Å². The number of benzene rings is 3. The minimum Gasteiger partial charge on any atom is -0.493 e. The maximum Gasteiger partial charge on any atom is 0.256 e. The van der Waals surface area contributed by atoms with Crippen LogP contribution in [0.3, 0.4) is 0 Å². The van der Waals surface area contributed by atoms with Gasteiger partial charge >= 0.3 is 0 Å². The van der Waals surface area contributed by atoms with E-state index in [0.29, 0.717) is 22.4 Å². The van der Waals surface area contributed by atoms with Crippen LogP contribution in [-0.4, -0.2) is 39.2 Å². The highest BCUT2D eigenvalue weighted by Crippen LogP contribution is 2.40. The van der Waals surface area contributed by atoms with Gasteiger partial charge in [-0.3, -0.25) is 0 Å². The third-order valence-electron chi connectivity index (χ3n) is 5.92. The molecule has 1 unspecified atom stereocenters. The van der Waals surface area contributed by atoms with E-state index in [9.17, 15) is 0 Å². The summed E-state index contributed by atoms with van der Waals surface area (Å²) < 4.78 is 22.9. The smallest absolute Gasteiger partial charge is 0.256 e. The van der Waals surface area contributed by atoms with E-state index in [1.54, 1.807) is 21.3 Å². The first-order valence-electron chi connectivity index (χ1n) is 11.9. The van der Waals surface area contributed by atoms with Crippen LogP contribution in [-0.2, 0) is 24.0 Å². The zero-order valence-corrected chi connectivity index (χ0v) is 21.6. The number of methoxy groups -OCH3 is 3. The summed E-state index contributed by atoms with van der Waals surface area (Å²) in [7, 11) is 4.89. The summed E-state index contributed by atoms with van der Waals surface area (Å²) in [6, 6.07) is 24.7. The van der Waals surface area contributed by atoms with Crippen molar-refractivity contribution in [2.45, 2.75) is 38.2 Å². The van der Waals surface area contributed by atoms with Gasteiger partial charge in [0.15, 0.2) is 11.5 Å². The summed E-state index contributed by atoms with van der Waals surface area (Å²) in [4.78, 5) is 0. The summed E-state index contributed by atoms with van der Waals surface area (Å²) in [5.74, 6) is 1.94. The second-order valence-corrected chi connectivity index (χ2v) is 8.62. The lowest BCUT2D eigenvalue weighted by atomic mass is 10.00.